The van der Waals surface area contributed by atoms with Crippen LogP contribution in [-0.4, -0.2) is 22.4 Å². The Hall–Kier alpha value is -2.35. The van der Waals surface area contributed by atoms with E-state index in [1.807, 2.05) is 6.92 Å². The molecule has 1 aromatic heterocycles. The molecule has 0 aliphatic heterocycles. The van der Waals surface area contributed by atoms with Crippen LogP contribution in [0.2, 0.25) is 5.02 Å². The van der Waals surface area contributed by atoms with Crippen molar-refractivity contribution in [3.8, 4) is 0 Å². The predicted molar refractivity (Wildman–Crippen MR) is 89.8 cm³/mol. The summed E-state index contributed by atoms with van der Waals surface area (Å²) in [5.41, 5.74) is -1.46. The Morgan fingerprint density at radius 3 is 2.68 bits per heavy atom. The standard InChI is InChI=1S/C16H16ClF3N4O/c1-2-3-6-21-14-8-13(22-9-23-14)15(25)24-12-5-4-10(17)7-11(12)16(18,19)20/h4-5,7-9H,2-3,6H2,1H3,(H,24,25)(H,21,22,23). The maximum absolute atomic E-state index is 13.1. The highest BCUT2D eigenvalue weighted by Crippen LogP contribution is 2.36. The van der Waals surface area contributed by atoms with Gasteiger partial charge < -0.3 is 10.6 Å². The quantitative estimate of drug-likeness (QED) is 0.726. The molecule has 0 unspecified atom stereocenters. The van der Waals surface area contributed by atoms with Crippen LogP contribution in [0.25, 0.3) is 0 Å². The average Bonchev–Trinajstić information content (AvgIpc) is 2.56. The number of amides is 1. The summed E-state index contributed by atoms with van der Waals surface area (Å²) in [6.45, 7) is 2.70. The zero-order valence-electron chi connectivity index (χ0n) is 13.3. The molecule has 0 atom stereocenters. The number of carbonyl (C=O) groups excluding carboxylic acids is 1. The van der Waals surface area contributed by atoms with E-state index in [2.05, 4.69) is 20.6 Å². The van der Waals surface area contributed by atoms with Crippen molar-refractivity contribution in [2.45, 2.75) is 25.9 Å². The Bertz CT molecular complexity index is 752. The third kappa shape index (κ3) is 5.32. The van der Waals surface area contributed by atoms with Crippen molar-refractivity contribution in [1.82, 2.24) is 9.97 Å². The normalized spacial score (nSPS) is 11.2. The van der Waals surface area contributed by atoms with Crippen molar-refractivity contribution in [2.75, 3.05) is 17.2 Å². The van der Waals surface area contributed by atoms with E-state index in [1.165, 1.54) is 18.5 Å². The molecular weight excluding hydrogens is 357 g/mol. The maximum Gasteiger partial charge on any atom is 0.418 e. The minimum atomic E-state index is -4.65. The number of anilines is 2. The fourth-order valence-electron chi connectivity index (χ4n) is 2.02. The lowest BCUT2D eigenvalue weighted by atomic mass is 10.1. The van der Waals surface area contributed by atoms with Crippen LogP contribution in [0.3, 0.4) is 0 Å². The molecular formula is C16H16ClF3N4O. The van der Waals surface area contributed by atoms with Crippen LogP contribution in [0.15, 0.2) is 30.6 Å². The number of carbonyl (C=O) groups is 1. The topological polar surface area (TPSA) is 66.9 Å². The van der Waals surface area contributed by atoms with E-state index >= 15 is 0 Å². The highest BCUT2D eigenvalue weighted by atomic mass is 35.5. The summed E-state index contributed by atoms with van der Waals surface area (Å²) >= 11 is 5.62. The van der Waals surface area contributed by atoms with Gasteiger partial charge in [0.05, 0.1) is 11.3 Å². The lowest BCUT2D eigenvalue weighted by molar-refractivity contribution is -0.136. The molecule has 0 fully saturated rings. The van der Waals surface area contributed by atoms with E-state index in [0.717, 1.165) is 25.0 Å². The number of unbranched alkanes of at least 4 members (excludes halogenated alkanes) is 1. The van der Waals surface area contributed by atoms with Crippen molar-refractivity contribution in [2.24, 2.45) is 0 Å². The largest absolute Gasteiger partial charge is 0.418 e. The van der Waals surface area contributed by atoms with Gasteiger partial charge in [0.15, 0.2) is 0 Å². The Balaban J connectivity index is 2.19. The number of hydrogen-bond acceptors (Lipinski definition) is 4. The molecule has 1 heterocycles. The van der Waals surface area contributed by atoms with Crippen molar-refractivity contribution < 1.29 is 18.0 Å². The Morgan fingerprint density at radius 1 is 1.24 bits per heavy atom. The first-order chi connectivity index (χ1) is 11.8. The number of alkyl halides is 3. The molecule has 0 radical (unpaired) electrons. The second-order valence-corrected chi connectivity index (χ2v) is 5.65. The molecule has 0 spiro atoms. The number of benzene rings is 1. The molecule has 9 heteroatoms. The highest BCUT2D eigenvalue weighted by Gasteiger charge is 2.34. The molecule has 5 nitrogen and oxygen atoms in total. The molecule has 1 aromatic carbocycles. The molecule has 0 saturated heterocycles. The van der Waals surface area contributed by atoms with Gasteiger partial charge >= 0.3 is 6.18 Å². The number of halogens is 4. The van der Waals surface area contributed by atoms with Crippen LogP contribution in [0, 0.1) is 0 Å². The van der Waals surface area contributed by atoms with E-state index in [1.54, 1.807) is 0 Å². The minimum Gasteiger partial charge on any atom is -0.370 e. The lowest BCUT2D eigenvalue weighted by Gasteiger charge is -2.14. The zero-order chi connectivity index (χ0) is 18.4. The van der Waals surface area contributed by atoms with Crippen LogP contribution in [-0.2, 0) is 6.18 Å². The summed E-state index contributed by atoms with van der Waals surface area (Å²) < 4.78 is 39.2. The second kappa shape index (κ2) is 8.15. The molecule has 2 aromatic rings. The fraction of sp³-hybridized carbons (Fsp3) is 0.312. The highest BCUT2D eigenvalue weighted by molar-refractivity contribution is 6.30. The van der Waals surface area contributed by atoms with Crippen LogP contribution in [0.5, 0.6) is 0 Å². The van der Waals surface area contributed by atoms with E-state index < -0.39 is 17.6 Å². The van der Waals surface area contributed by atoms with Gasteiger partial charge in [0.25, 0.3) is 5.91 Å². The Labute approximate surface area is 147 Å². The molecule has 0 bridgehead atoms. The van der Waals surface area contributed by atoms with Crippen molar-refractivity contribution in [3.05, 3.63) is 46.9 Å². The molecule has 134 valence electrons. The monoisotopic (exact) mass is 372 g/mol. The first-order valence-corrected chi connectivity index (χ1v) is 7.93. The van der Waals surface area contributed by atoms with Gasteiger partial charge in [-0.3, -0.25) is 4.79 Å². The summed E-state index contributed by atoms with van der Waals surface area (Å²) in [4.78, 5) is 20.0. The number of nitrogens with one attached hydrogen (secondary N) is 2. The van der Waals surface area contributed by atoms with Crippen molar-refractivity contribution in [3.63, 3.8) is 0 Å². The van der Waals surface area contributed by atoms with Crippen LogP contribution in [0.1, 0.15) is 35.8 Å². The van der Waals surface area contributed by atoms with Gasteiger partial charge in [-0.05, 0) is 24.6 Å². The Kier molecular flexibility index (Phi) is 6.19. The van der Waals surface area contributed by atoms with Crippen molar-refractivity contribution >= 4 is 29.0 Å². The first kappa shape index (κ1) is 19.0. The van der Waals surface area contributed by atoms with Crippen LogP contribution >= 0.6 is 11.6 Å². The Morgan fingerprint density at radius 2 is 2.00 bits per heavy atom. The van der Waals surface area contributed by atoms with E-state index in [0.29, 0.717) is 12.4 Å². The van der Waals surface area contributed by atoms with Gasteiger partial charge in [0.2, 0.25) is 0 Å². The van der Waals surface area contributed by atoms with Gasteiger partial charge in [-0.15, -0.1) is 0 Å². The molecule has 2 N–H and O–H groups in total. The van der Waals surface area contributed by atoms with Crippen LogP contribution in [0.4, 0.5) is 24.7 Å². The summed E-state index contributed by atoms with van der Waals surface area (Å²) in [5.74, 6) is -0.338. The molecule has 0 aliphatic carbocycles. The number of rotatable bonds is 6. The lowest BCUT2D eigenvalue weighted by Crippen LogP contribution is -2.18. The number of nitrogens with zero attached hydrogens (tertiary/aromatic N) is 2. The number of aromatic nitrogens is 2. The molecule has 25 heavy (non-hydrogen) atoms. The van der Waals surface area contributed by atoms with E-state index in [4.69, 9.17) is 11.6 Å². The SMILES string of the molecule is CCCCNc1cc(C(=O)Nc2ccc(Cl)cc2C(F)(F)F)ncn1. The third-order valence-electron chi connectivity index (χ3n) is 3.27. The average molecular weight is 373 g/mol. The third-order valence-corrected chi connectivity index (χ3v) is 3.51. The minimum absolute atomic E-state index is 0.0444. The van der Waals surface area contributed by atoms with E-state index in [-0.39, 0.29) is 16.4 Å². The zero-order valence-corrected chi connectivity index (χ0v) is 14.1. The summed E-state index contributed by atoms with van der Waals surface area (Å²) in [6.07, 6.45) is -1.56. The fourth-order valence-corrected chi connectivity index (χ4v) is 2.19. The van der Waals surface area contributed by atoms with Gasteiger partial charge in [-0.25, -0.2) is 9.97 Å². The van der Waals surface area contributed by atoms with Gasteiger partial charge in [-0.1, -0.05) is 24.9 Å². The summed E-state index contributed by atoms with van der Waals surface area (Å²) in [5, 5.41) is 5.16. The van der Waals surface area contributed by atoms with Gasteiger partial charge in [0.1, 0.15) is 17.8 Å². The molecule has 2 rings (SSSR count). The predicted octanol–water partition coefficient (Wildman–Crippen LogP) is 4.61. The van der Waals surface area contributed by atoms with Crippen LogP contribution < -0.4 is 10.6 Å². The van der Waals surface area contributed by atoms with E-state index in [9.17, 15) is 18.0 Å². The molecule has 0 aliphatic rings. The number of hydrogen-bond donors (Lipinski definition) is 2. The molecule has 1 amide bonds. The summed E-state index contributed by atoms with van der Waals surface area (Å²) in [6, 6.07) is 4.51. The maximum atomic E-state index is 13.1. The van der Waals surface area contributed by atoms with Crippen molar-refractivity contribution in [1.29, 1.82) is 0 Å². The smallest absolute Gasteiger partial charge is 0.370 e. The van der Waals surface area contributed by atoms with Gasteiger partial charge in [0, 0.05) is 17.6 Å². The first-order valence-electron chi connectivity index (χ1n) is 7.55. The second-order valence-electron chi connectivity index (χ2n) is 5.21. The summed E-state index contributed by atoms with van der Waals surface area (Å²) in [7, 11) is 0. The molecule has 0 saturated carbocycles. The van der Waals surface area contributed by atoms with Gasteiger partial charge in [-0.2, -0.15) is 13.2 Å².